The van der Waals surface area contributed by atoms with Crippen LogP contribution in [0.2, 0.25) is 0 Å². The van der Waals surface area contributed by atoms with E-state index in [0.29, 0.717) is 17.8 Å². The van der Waals surface area contributed by atoms with Crippen LogP contribution in [0.25, 0.3) is 0 Å². The van der Waals surface area contributed by atoms with Crippen molar-refractivity contribution in [1.82, 2.24) is 9.80 Å². The molecule has 17 heavy (non-hydrogen) atoms. The molecule has 0 radical (unpaired) electrons. The summed E-state index contributed by atoms with van der Waals surface area (Å²) in [7, 11) is 6.38. The van der Waals surface area contributed by atoms with Gasteiger partial charge in [-0.25, -0.2) is 0 Å². The van der Waals surface area contributed by atoms with Crippen molar-refractivity contribution in [3.05, 3.63) is 0 Å². The predicted molar refractivity (Wildman–Crippen MR) is 73.1 cm³/mol. The number of rotatable bonds is 5. The molecule has 1 fully saturated rings. The maximum absolute atomic E-state index is 10.2. The van der Waals surface area contributed by atoms with Gasteiger partial charge in [0.2, 0.25) is 0 Å². The van der Waals surface area contributed by atoms with Gasteiger partial charge >= 0.3 is 0 Å². The molecule has 1 aliphatic rings. The second-order valence-electron chi connectivity index (χ2n) is 6.35. The Bertz CT molecular complexity index is 208. The van der Waals surface area contributed by atoms with Crippen molar-refractivity contribution in [3.63, 3.8) is 0 Å². The molecule has 1 saturated carbocycles. The first-order valence-electron chi connectivity index (χ1n) is 6.91. The maximum Gasteiger partial charge on any atom is 0.0585 e. The lowest BCUT2D eigenvalue weighted by atomic mass is 9.73. The molecule has 0 bridgehead atoms. The highest BCUT2D eigenvalue weighted by molar-refractivity contribution is 4.84. The van der Waals surface area contributed by atoms with Gasteiger partial charge in [-0.2, -0.15) is 0 Å². The fourth-order valence-electron chi connectivity index (χ4n) is 3.00. The van der Waals surface area contributed by atoms with E-state index in [1.807, 2.05) is 0 Å². The van der Waals surface area contributed by atoms with Gasteiger partial charge < -0.3 is 14.9 Å². The zero-order valence-corrected chi connectivity index (χ0v) is 12.2. The van der Waals surface area contributed by atoms with Gasteiger partial charge in [0, 0.05) is 25.6 Å². The molecule has 0 heterocycles. The van der Waals surface area contributed by atoms with Crippen LogP contribution >= 0.6 is 0 Å². The zero-order chi connectivity index (χ0) is 13.0. The van der Waals surface area contributed by atoms with Gasteiger partial charge in [-0.15, -0.1) is 0 Å². The molecule has 1 aliphatic carbocycles. The van der Waals surface area contributed by atoms with E-state index in [4.69, 9.17) is 0 Å². The highest BCUT2D eigenvalue weighted by Crippen LogP contribution is 2.34. The van der Waals surface area contributed by atoms with Crippen molar-refractivity contribution in [3.8, 4) is 0 Å². The van der Waals surface area contributed by atoms with Crippen LogP contribution in [0.5, 0.6) is 0 Å². The summed E-state index contributed by atoms with van der Waals surface area (Å²) in [6, 6.07) is 0. The highest BCUT2D eigenvalue weighted by Gasteiger charge is 2.33. The molecule has 3 heteroatoms. The van der Waals surface area contributed by atoms with Crippen LogP contribution in [-0.4, -0.2) is 61.8 Å². The lowest BCUT2D eigenvalue weighted by Gasteiger charge is -2.39. The lowest BCUT2D eigenvalue weighted by Crippen LogP contribution is -2.42. The van der Waals surface area contributed by atoms with Crippen molar-refractivity contribution in [2.75, 3.05) is 40.8 Å². The quantitative estimate of drug-likeness (QED) is 0.792. The van der Waals surface area contributed by atoms with Crippen LogP contribution in [-0.2, 0) is 0 Å². The van der Waals surface area contributed by atoms with E-state index in [1.54, 1.807) is 0 Å². The number of aliphatic hydroxyl groups is 1. The average molecular weight is 242 g/mol. The Morgan fingerprint density at radius 1 is 1.06 bits per heavy atom. The first kappa shape index (κ1) is 14.9. The Hall–Kier alpha value is -0.120. The SMILES string of the molecule is CC1CC(C)C(CN(C)CCN(C)C)C(O)C1. The molecule has 1 N–H and O–H groups in total. The maximum atomic E-state index is 10.2. The zero-order valence-electron chi connectivity index (χ0n) is 12.2. The third kappa shape index (κ3) is 4.94. The van der Waals surface area contributed by atoms with Crippen molar-refractivity contribution in [1.29, 1.82) is 0 Å². The Morgan fingerprint density at radius 2 is 1.71 bits per heavy atom. The van der Waals surface area contributed by atoms with Crippen molar-refractivity contribution < 1.29 is 5.11 Å². The molecule has 102 valence electrons. The Morgan fingerprint density at radius 3 is 2.24 bits per heavy atom. The largest absolute Gasteiger partial charge is 0.393 e. The topological polar surface area (TPSA) is 26.7 Å². The summed E-state index contributed by atoms with van der Waals surface area (Å²) in [5.74, 6) is 1.79. The fraction of sp³-hybridized carbons (Fsp3) is 1.00. The van der Waals surface area contributed by atoms with Crippen LogP contribution in [0.15, 0.2) is 0 Å². The van der Waals surface area contributed by atoms with E-state index in [2.05, 4.69) is 44.8 Å². The number of hydrogen-bond acceptors (Lipinski definition) is 3. The summed E-state index contributed by atoms with van der Waals surface area (Å²) in [4.78, 5) is 4.57. The molecule has 0 aromatic carbocycles. The van der Waals surface area contributed by atoms with Crippen LogP contribution in [0.3, 0.4) is 0 Å². The molecule has 3 nitrogen and oxygen atoms in total. The minimum atomic E-state index is -0.101. The fourth-order valence-corrected chi connectivity index (χ4v) is 3.00. The number of aliphatic hydroxyl groups excluding tert-OH is 1. The van der Waals surface area contributed by atoms with E-state index in [9.17, 15) is 5.11 Å². The van der Waals surface area contributed by atoms with Gasteiger partial charge in [-0.3, -0.25) is 0 Å². The smallest absolute Gasteiger partial charge is 0.0585 e. The third-order valence-corrected chi connectivity index (χ3v) is 4.09. The molecule has 0 saturated heterocycles. The monoisotopic (exact) mass is 242 g/mol. The van der Waals surface area contributed by atoms with Crippen molar-refractivity contribution in [2.24, 2.45) is 17.8 Å². The van der Waals surface area contributed by atoms with E-state index < -0.39 is 0 Å². The first-order chi connectivity index (χ1) is 7.90. The molecule has 0 aromatic heterocycles. The lowest BCUT2D eigenvalue weighted by molar-refractivity contribution is 0.00110. The molecule has 0 spiro atoms. The normalized spacial score (nSPS) is 34.6. The molecule has 4 unspecified atom stereocenters. The molecule has 4 atom stereocenters. The summed E-state index contributed by atoms with van der Waals surface area (Å²) in [6.07, 6.45) is 2.15. The predicted octanol–water partition coefficient (Wildman–Crippen LogP) is 1.52. The van der Waals surface area contributed by atoms with E-state index >= 15 is 0 Å². The summed E-state index contributed by atoms with van der Waals surface area (Å²) in [5.41, 5.74) is 0. The first-order valence-corrected chi connectivity index (χ1v) is 6.91. The standard InChI is InChI=1S/C14H30N2O/c1-11-8-12(2)13(14(17)9-11)10-16(5)7-6-15(3)4/h11-14,17H,6-10H2,1-5H3. The molecular formula is C14H30N2O. The van der Waals surface area contributed by atoms with Gasteiger partial charge in [-0.05, 0) is 45.8 Å². The van der Waals surface area contributed by atoms with E-state index in [-0.39, 0.29) is 6.10 Å². The van der Waals surface area contributed by atoms with Gasteiger partial charge in [0.25, 0.3) is 0 Å². The Labute approximate surface area is 107 Å². The molecule has 0 amide bonds. The van der Waals surface area contributed by atoms with Crippen LogP contribution in [0.1, 0.15) is 26.7 Å². The molecule has 0 aliphatic heterocycles. The Kier molecular flexibility index (Phi) is 5.90. The van der Waals surface area contributed by atoms with Gasteiger partial charge in [0.05, 0.1) is 6.10 Å². The summed E-state index contributed by atoms with van der Waals surface area (Å²) >= 11 is 0. The molecule has 1 rings (SSSR count). The van der Waals surface area contributed by atoms with Crippen LogP contribution in [0, 0.1) is 17.8 Å². The summed E-state index contributed by atoms with van der Waals surface area (Å²) in [6.45, 7) is 7.75. The second-order valence-corrected chi connectivity index (χ2v) is 6.35. The second kappa shape index (κ2) is 6.72. The van der Waals surface area contributed by atoms with Crippen LogP contribution in [0.4, 0.5) is 0 Å². The van der Waals surface area contributed by atoms with Crippen molar-refractivity contribution in [2.45, 2.75) is 32.8 Å². The van der Waals surface area contributed by atoms with E-state index in [0.717, 1.165) is 26.1 Å². The molecular weight excluding hydrogens is 212 g/mol. The Balaban J connectivity index is 2.38. The van der Waals surface area contributed by atoms with Crippen molar-refractivity contribution >= 4 is 0 Å². The number of likely N-dealkylation sites (N-methyl/N-ethyl adjacent to an activating group) is 2. The highest BCUT2D eigenvalue weighted by atomic mass is 16.3. The van der Waals surface area contributed by atoms with E-state index in [1.165, 1.54) is 6.42 Å². The van der Waals surface area contributed by atoms with Gasteiger partial charge in [-0.1, -0.05) is 13.8 Å². The minimum Gasteiger partial charge on any atom is -0.393 e. The average Bonchev–Trinajstić information content (AvgIpc) is 2.20. The summed E-state index contributed by atoms with van der Waals surface area (Å²) in [5, 5.41) is 10.2. The minimum absolute atomic E-state index is 0.101. The number of nitrogens with zero attached hydrogens (tertiary/aromatic N) is 2. The van der Waals surface area contributed by atoms with Gasteiger partial charge in [0.1, 0.15) is 0 Å². The summed E-state index contributed by atoms with van der Waals surface area (Å²) < 4.78 is 0. The third-order valence-electron chi connectivity index (χ3n) is 4.09. The van der Waals surface area contributed by atoms with Gasteiger partial charge in [0.15, 0.2) is 0 Å². The van der Waals surface area contributed by atoms with Crippen LogP contribution < -0.4 is 0 Å². The number of hydrogen-bond donors (Lipinski definition) is 1. The molecule has 0 aromatic rings.